The first-order chi connectivity index (χ1) is 25.9. The summed E-state index contributed by atoms with van der Waals surface area (Å²) >= 11 is 0. The minimum absolute atomic E-state index is 0.0911. The molecule has 0 saturated heterocycles. The van der Waals surface area contributed by atoms with Gasteiger partial charge in [0.1, 0.15) is 0 Å². The average molecular weight is 683 g/mol. The zero-order valence-corrected chi connectivity index (χ0v) is 30.7. The van der Waals surface area contributed by atoms with Crippen LogP contribution < -0.4 is 4.90 Å². The molecule has 256 valence electrons. The summed E-state index contributed by atoms with van der Waals surface area (Å²) in [5.74, 6) is 0. The van der Waals surface area contributed by atoms with Crippen LogP contribution in [0.3, 0.4) is 0 Å². The molecule has 0 N–H and O–H groups in total. The Balaban J connectivity index is 1.15. The second kappa shape index (κ2) is 13.0. The third-order valence-corrected chi connectivity index (χ3v) is 11.1. The molecule has 0 aliphatic heterocycles. The van der Waals surface area contributed by atoms with Gasteiger partial charge in [0, 0.05) is 38.9 Å². The van der Waals surface area contributed by atoms with Gasteiger partial charge < -0.3 is 9.47 Å². The minimum Gasteiger partial charge on any atom is -0.313 e. The molecular weight excluding hydrogens is 641 g/mol. The van der Waals surface area contributed by atoms with Crippen molar-refractivity contribution in [3.05, 3.63) is 193 Å². The fourth-order valence-electron chi connectivity index (χ4n) is 8.38. The van der Waals surface area contributed by atoms with E-state index in [0.29, 0.717) is 0 Å². The van der Waals surface area contributed by atoms with Crippen LogP contribution in [0.15, 0.2) is 182 Å². The van der Waals surface area contributed by atoms with Crippen molar-refractivity contribution in [2.24, 2.45) is 0 Å². The maximum atomic E-state index is 2.41. The molecule has 0 unspecified atom stereocenters. The molecule has 9 rings (SSSR count). The largest absolute Gasteiger partial charge is 0.313 e. The van der Waals surface area contributed by atoms with Crippen molar-refractivity contribution in [3.63, 3.8) is 0 Å². The smallest absolute Gasteiger partial charge is 0.0538 e. The van der Waals surface area contributed by atoms with E-state index in [4.69, 9.17) is 0 Å². The predicted octanol–water partition coefficient (Wildman–Crippen LogP) is 14.3. The van der Waals surface area contributed by atoms with E-state index in [0.717, 1.165) is 17.1 Å². The topological polar surface area (TPSA) is 8.17 Å². The van der Waals surface area contributed by atoms with Crippen LogP contribution in [0.25, 0.3) is 60.9 Å². The monoisotopic (exact) mass is 682 g/mol. The molecule has 0 atom stereocenters. The maximum absolute atomic E-state index is 2.41. The molecule has 0 spiro atoms. The van der Waals surface area contributed by atoms with Gasteiger partial charge in [-0.2, -0.15) is 0 Å². The number of fused-ring (bicyclic) bond motifs is 6. The third kappa shape index (κ3) is 5.50. The molecule has 0 fully saturated rings. The molecule has 1 heterocycles. The molecule has 1 aliphatic rings. The summed E-state index contributed by atoms with van der Waals surface area (Å²) < 4.78 is 2.37. The van der Waals surface area contributed by atoms with Crippen molar-refractivity contribution in [2.45, 2.75) is 33.1 Å². The van der Waals surface area contributed by atoms with Crippen molar-refractivity contribution in [3.8, 4) is 33.4 Å². The SMILES string of the molecule is C/C=C\C=C(/C)n1c2ccccc2c2cc(-c3ccc(N(c4cccc(-c5ccccc5)c4)c4ccc5c(c4)C(C)(C)c4ccccc4-5)cc3)ccc21. The van der Waals surface area contributed by atoms with Crippen LogP contribution in [-0.2, 0) is 5.41 Å². The fraction of sp³-hybridized carbons (Fsp3) is 0.0980. The standard InChI is InChI=1S/C51H42N2/c1-5-6-15-35(2)52-49-23-13-11-21-45(49)46-33-39(26-31-50(46)52)37-24-27-40(28-25-37)53(41-19-14-18-38(32-41)36-16-8-7-9-17-36)42-29-30-44-43-20-10-12-22-47(43)51(3,4)48(44)34-42/h5-34H,1-4H3/b6-5-,35-15+. The Bertz CT molecular complexity index is 2710. The minimum atomic E-state index is -0.0911. The van der Waals surface area contributed by atoms with Gasteiger partial charge in [-0.05, 0) is 119 Å². The number of hydrogen-bond donors (Lipinski definition) is 0. The summed E-state index contributed by atoms with van der Waals surface area (Å²) in [6.07, 6.45) is 6.36. The van der Waals surface area contributed by atoms with E-state index in [1.165, 1.54) is 72.0 Å². The number of para-hydroxylation sites is 1. The molecular formula is C51H42N2. The lowest BCUT2D eigenvalue weighted by Crippen LogP contribution is -2.16. The van der Waals surface area contributed by atoms with Crippen molar-refractivity contribution < 1.29 is 0 Å². The van der Waals surface area contributed by atoms with Gasteiger partial charge in [-0.15, -0.1) is 0 Å². The highest BCUT2D eigenvalue weighted by Gasteiger charge is 2.35. The summed E-state index contributed by atoms with van der Waals surface area (Å²) in [6.45, 7) is 8.94. The second-order valence-electron chi connectivity index (χ2n) is 14.6. The summed E-state index contributed by atoms with van der Waals surface area (Å²) in [5.41, 5.74) is 17.2. The first-order valence-corrected chi connectivity index (χ1v) is 18.6. The van der Waals surface area contributed by atoms with E-state index in [1.54, 1.807) is 0 Å². The molecule has 0 bridgehead atoms. The molecule has 0 amide bonds. The molecule has 1 aliphatic carbocycles. The Morgan fingerprint density at radius 3 is 1.96 bits per heavy atom. The summed E-state index contributed by atoms with van der Waals surface area (Å²) in [7, 11) is 0. The van der Waals surface area contributed by atoms with Gasteiger partial charge in [0.2, 0.25) is 0 Å². The van der Waals surface area contributed by atoms with Gasteiger partial charge in [0.05, 0.1) is 11.0 Å². The fourth-order valence-corrected chi connectivity index (χ4v) is 8.38. The number of benzene rings is 7. The van der Waals surface area contributed by atoms with Gasteiger partial charge in [0.15, 0.2) is 0 Å². The van der Waals surface area contributed by atoms with Gasteiger partial charge >= 0.3 is 0 Å². The Hall–Kier alpha value is -6.38. The zero-order valence-electron chi connectivity index (χ0n) is 30.7. The average Bonchev–Trinajstić information content (AvgIpc) is 3.66. The number of anilines is 3. The van der Waals surface area contributed by atoms with E-state index in [-0.39, 0.29) is 5.41 Å². The van der Waals surface area contributed by atoms with Crippen LogP contribution in [0.4, 0.5) is 17.1 Å². The maximum Gasteiger partial charge on any atom is 0.0538 e. The van der Waals surface area contributed by atoms with E-state index in [9.17, 15) is 0 Å². The lowest BCUT2D eigenvalue weighted by atomic mass is 9.82. The first kappa shape index (κ1) is 32.5. The Labute approximate surface area is 312 Å². The molecule has 2 heteroatoms. The summed E-state index contributed by atoms with van der Waals surface area (Å²) in [6, 6.07) is 60.2. The van der Waals surface area contributed by atoms with Crippen molar-refractivity contribution in [1.82, 2.24) is 4.57 Å². The van der Waals surface area contributed by atoms with Crippen LogP contribution in [0.2, 0.25) is 0 Å². The lowest BCUT2D eigenvalue weighted by molar-refractivity contribution is 0.660. The summed E-state index contributed by atoms with van der Waals surface area (Å²) in [5, 5.41) is 2.52. The molecule has 1 aromatic heterocycles. The molecule has 8 aromatic rings. The number of nitrogens with zero attached hydrogens (tertiary/aromatic N) is 2. The van der Waals surface area contributed by atoms with E-state index >= 15 is 0 Å². The van der Waals surface area contributed by atoms with E-state index in [1.807, 2.05) is 0 Å². The molecule has 2 nitrogen and oxygen atoms in total. The Morgan fingerprint density at radius 2 is 1.13 bits per heavy atom. The number of allylic oxidation sites excluding steroid dienone is 4. The van der Waals surface area contributed by atoms with Gasteiger partial charge in [0.25, 0.3) is 0 Å². The molecule has 0 saturated carbocycles. The third-order valence-electron chi connectivity index (χ3n) is 11.1. The van der Waals surface area contributed by atoms with Crippen LogP contribution in [0.5, 0.6) is 0 Å². The Kier molecular flexibility index (Phi) is 7.97. The highest BCUT2D eigenvalue weighted by atomic mass is 15.1. The quantitative estimate of drug-likeness (QED) is 0.152. The Morgan fingerprint density at radius 1 is 0.509 bits per heavy atom. The van der Waals surface area contributed by atoms with E-state index in [2.05, 4.69) is 219 Å². The van der Waals surface area contributed by atoms with Gasteiger partial charge in [-0.25, -0.2) is 0 Å². The van der Waals surface area contributed by atoms with Crippen LogP contribution in [0, 0.1) is 0 Å². The second-order valence-corrected chi connectivity index (χ2v) is 14.6. The first-order valence-electron chi connectivity index (χ1n) is 18.6. The zero-order chi connectivity index (χ0) is 36.1. The molecule has 53 heavy (non-hydrogen) atoms. The van der Waals surface area contributed by atoms with Crippen LogP contribution >= 0.6 is 0 Å². The molecule has 7 aromatic carbocycles. The summed E-state index contributed by atoms with van der Waals surface area (Å²) in [4.78, 5) is 2.41. The predicted molar refractivity (Wildman–Crippen MR) is 227 cm³/mol. The number of aromatic nitrogens is 1. The van der Waals surface area contributed by atoms with E-state index < -0.39 is 0 Å². The normalized spacial score (nSPS) is 13.5. The molecule has 0 radical (unpaired) electrons. The number of hydrogen-bond acceptors (Lipinski definition) is 1. The number of rotatable bonds is 7. The van der Waals surface area contributed by atoms with Gasteiger partial charge in [-0.1, -0.05) is 135 Å². The van der Waals surface area contributed by atoms with Crippen molar-refractivity contribution >= 4 is 44.6 Å². The highest BCUT2D eigenvalue weighted by Crippen LogP contribution is 2.50. The highest BCUT2D eigenvalue weighted by molar-refractivity contribution is 6.11. The van der Waals surface area contributed by atoms with Crippen molar-refractivity contribution in [1.29, 1.82) is 0 Å². The van der Waals surface area contributed by atoms with Crippen LogP contribution in [-0.4, -0.2) is 4.57 Å². The van der Waals surface area contributed by atoms with Gasteiger partial charge in [-0.3, -0.25) is 0 Å². The lowest BCUT2D eigenvalue weighted by Gasteiger charge is -2.28. The van der Waals surface area contributed by atoms with Crippen LogP contribution in [0.1, 0.15) is 38.8 Å². The van der Waals surface area contributed by atoms with Crippen molar-refractivity contribution in [2.75, 3.05) is 4.90 Å².